The minimum absolute atomic E-state index is 0.257. The molecule has 0 bridgehead atoms. The zero-order chi connectivity index (χ0) is 51.5. The summed E-state index contributed by atoms with van der Waals surface area (Å²) in [6, 6.07) is -1.26. The second kappa shape index (κ2) is 45.0. The molecule has 8 atom stereocenters. The van der Waals surface area contributed by atoms with Crippen molar-refractivity contribution >= 4 is 13.7 Å². The van der Waals surface area contributed by atoms with Gasteiger partial charge in [-0.15, -0.1) is 0 Å². The minimum atomic E-state index is -5.16. The second-order valence-electron chi connectivity index (χ2n) is 20.3. The first-order valence-corrected chi connectivity index (χ1v) is 30.0. The molecule has 8 unspecified atom stereocenters. The average molecular weight is 1020 g/mol. The number of phosphoric acid groups is 1. The van der Waals surface area contributed by atoms with Crippen molar-refractivity contribution in [3.63, 3.8) is 0 Å². The molecule has 412 valence electrons. The normalized spacial score (nSPS) is 22.0. The maximum atomic E-state index is 13.1. The largest absolute Gasteiger partial charge is 0.472 e. The van der Waals surface area contributed by atoms with Gasteiger partial charge in [0, 0.05) is 0 Å². The van der Waals surface area contributed by atoms with E-state index in [9.17, 15) is 50.0 Å². The van der Waals surface area contributed by atoms with Crippen molar-refractivity contribution in [3.05, 3.63) is 36.5 Å². The standard InChI is InChI=1S/C56H106NO12P/c1-3-5-7-9-11-13-15-17-19-21-23-25-27-29-31-33-35-37-39-41-43-47(58)45-50(60)57-48(46-68-70(66,67)69-56-54(64)52(62)51(61)53(63)55(56)65)49(59)44-42-40-38-36-34-32-30-28-26-24-22-20-18-16-14-12-10-8-6-4-2/h27,29,34,36,42,44,47-49,51-56,58-59,61-65H,3-26,28,30-33,35,37-41,43,45-46H2,1-2H3,(H,57,60)(H,66,67)/b29-27-,36-34+,44-42+. The van der Waals surface area contributed by atoms with Crippen molar-refractivity contribution in [1.29, 1.82) is 0 Å². The number of unbranched alkanes of at least 4 members (excludes halogenated alkanes) is 31. The summed E-state index contributed by atoms with van der Waals surface area (Å²) in [6.45, 7) is 3.77. The van der Waals surface area contributed by atoms with Crippen LogP contribution in [0.4, 0.5) is 0 Å². The predicted octanol–water partition coefficient (Wildman–Crippen LogP) is 11.7. The number of hydrogen-bond acceptors (Lipinski definition) is 11. The molecule has 13 nitrogen and oxygen atoms in total. The predicted molar refractivity (Wildman–Crippen MR) is 284 cm³/mol. The highest BCUT2D eigenvalue weighted by Gasteiger charge is 2.51. The molecule has 1 amide bonds. The Morgan fingerprint density at radius 1 is 0.500 bits per heavy atom. The van der Waals surface area contributed by atoms with Gasteiger partial charge in [-0.2, -0.15) is 0 Å². The van der Waals surface area contributed by atoms with Crippen LogP contribution in [0, 0.1) is 0 Å². The van der Waals surface area contributed by atoms with Crippen molar-refractivity contribution < 1.29 is 59.0 Å². The lowest BCUT2D eigenvalue weighted by Gasteiger charge is -2.41. The molecular weight excluding hydrogens is 910 g/mol. The summed E-state index contributed by atoms with van der Waals surface area (Å²) in [7, 11) is -5.16. The molecule has 0 spiro atoms. The SMILES string of the molecule is CCCCCCCCCCCCC/C=C\CCCCCCCC(O)CC(=O)NC(COP(=O)(O)OC1C(O)C(O)C(O)C(O)C1O)C(O)/C=C/CC/C=C/CCCCCCCCCCCCCCCC. The van der Waals surface area contributed by atoms with E-state index in [-0.39, 0.29) is 6.42 Å². The summed E-state index contributed by atoms with van der Waals surface area (Å²) >= 11 is 0. The lowest BCUT2D eigenvalue weighted by molar-refractivity contribution is -0.220. The fourth-order valence-electron chi connectivity index (χ4n) is 9.08. The van der Waals surface area contributed by atoms with Crippen molar-refractivity contribution in [2.75, 3.05) is 6.61 Å². The van der Waals surface area contributed by atoms with E-state index in [1.165, 1.54) is 160 Å². The van der Waals surface area contributed by atoms with Gasteiger partial charge in [-0.05, 0) is 57.8 Å². The van der Waals surface area contributed by atoms with Crippen LogP contribution in [0.2, 0.25) is 0 Å². The Morgan fingerprint density at radius 3 is 1.26 bits per heavy atom. The second-order valence-corrected chi connectivity index (χ2v) is 21.7. The third-order valence-electron chi connectivity index (χ3n) is 13.7. The van der Waals surface area contributed by atoms with Crippen molar-refractivity contribution in [2.24, 2.45) is 0 Å². The van der Waals surface area contributed by atoms with E-state index in [1.807, 2.05) is 0 Å². The number of carbonyl (C=O) groups is 1. The zero-order valence-electron chi connectivity index (χ0n) is 44.2. The zero-order valence-corrected chi connectivity index (χ0v) is 45.1. The quantitative estimate of drug-likeness (QED) is 0.0158. The number of rotatable bonds is 48. The van der Waals surface area contributed by atoms with Gasteiger partial charge in [0.1, 0.15) is 36.6 Å². The topological polar surface area (TPSA) is 226 Å². The fraction of sp³-hybridized carbons (Fsp3) is 0.875. The minimum Gasteiger partial charge on any atom is -0.393 e. The summed E-state index contributed by atoms with van der Waals surface area (Å²) in [6.07, 6.45) is 40.9. The maximum absolute atomic E-state index is 13.1. The Labute approximate surface area is 426 Å². The van der Waals surface area contributed by atoms with Crippen molar-refractivity contribution in [2.45, 2.75) is 306 Å². The van der Waals surface area contributed by atoms with E-state index in [0.29, 0.717) is 12.8 Å². The average Bonchev–Trinajstić information content (AvgIpc) is 3.34. The highest BCUT2D eigenvalue weighted by Crippen LogP contribution is 2.47. The number of amides is 1. The van der Waals surface area contributed by atoms with Gasteiger partial charge in [-0.1, -0.05) is 224 Å². The van der Waals surface area contributed by atoms with Gasteiger partial charge in [0.05, 0.1) is 31.3 Å². The molecule has 1 rings (SSSR count). The van der Waals surface area contributed by atoms with E-state index in [2.05, 4.69) is 43.5 Å². The molecule has 0 aliphatic heterocycles. The molecule has 0 aromatic rings. The van der Waals surface area contributed by atoms with Crippen molar-refractivity contribution in [1.82, 2.24) is 5.32 Å². The first kappa shape index (κ1) is 66.5. The molecule has 0 aromatic carbocycles. The molecule has 14 heteroatoms. The van der Waals surface area contributed by atoms with Gasteiger partial charge < -0.3 is 46.0 Å². The Morgan fingerprint density at radius 2 is 0.843 bits per heavy atom. The summed E-state index contributed by atoms with van der Waals surface area (Å²) in [5.41, 5.74) is 0. The first-order chi connectivity index (χ1) is 33.8. The molecule has 1 aliphatic rings. The molecular formula is C56H106NO12P. The van der Waals surface area contributed by atoms with Crippen LogP contribution < -0.4 is 5.32 Å². The van der Waals surface area contributed by atoms with Gasteiger partial charge in [0.15, 0.2) is 0 Å². The third-order valence-corrected chi connectivity index (χ3v) is 14.7. The van der Waals surface area contributed by atoms with Gasteiger partial charge in [-0.3, -0.25) is 13.8 Å². The Hall–Kier alpha value is -1.48. The van der Waals surface area contributed by atoms with Gasteiger partial charge in [-0.25, -0.2) is 4.57 Å². The molecule has 0 saturated heterocycles. The van der Waals surface area contributed by atoms with Crippen LogP contribution in [-0.4, -0.2) is 108 Å². The molecule has 0 aromatic heterocycles. The Bertz CT molecular complexity index is 1340. The van der Waals surface area contributed by atoms with Crippen LogP contribution in [0.1, 0.15) is 251 Å². The molecule has 0 heterocycles. The maximum Gasteiger partial charge on any atom is 0.472 e. The molecule has 0 radical (unpaired) electrons. The van der Waals surface area contributed by atoms with E-state index in [0.717, 1.165) is 64.2 Å². The van der Waals surface area contributed by atoms with Crippen molar-refractivity contribution in [3.8, 4) is 0 Å². The smallest absolute Gasteiger partial charge is 0.393 e. The number of allylic oxidation sites excluding steroid dienone is 5. The number of hydrogen-bond donors (Lipinski definition) is 9. The van der Waals surface area contributed by atoms with E-state index >= 15 is 0 Å². The summed E-state index contributed by atoms with van der Waals surface area (Å²) in [4.78, 5) is 23.6. The van der Waals surface area contributed by atoms with Gasteiger partial charge >= 0.3 is 7.82 Å². The van der Waals surface area contributed by atoms with E-state index < -0.39 is 75.2 Å². The Balaban J connectivity index is 2.46. The lowest BCUT2D eigenvalue weighted by Crippen LogP contribution is -2.64. The van der Waals surface area contributed by atoms with Crippen LogP contribution in [0.15, 0.2) is 36.5 Å². The van der Waals surface area contributed by atoms with Gasteiger partial charge in [0.2, 0.25) is 5.91 Å². The number of aliphatic hydroxyl groups excluding tert-OH is 7. The van der Waals surface area contributed by atoms with Crippen LogP contribution >= 0.6 is 7.82 Å². The number of carbonyl (C=O) groups excluding carboxylic acids is 1. The number of nitrogens with one attached hydrogen (secondary N) is 1. The van der Waals surface area contributed by atoms with Gasteiger partial charge in [0.25, 0.3) is 0 Å². The Kier molecular flexibility index (Phi) is 42.7. The number of phosphoric ester groups is 1. The van der Waals surface area contributed by atoms with Crippen LogP contribution in [0.25, 0.3) is 0 Å². The molecule has 1 aliphatic carbocycles. The van der Waals surface area contributed by atoms with E-state index in [1.54, 1.807) is 6.08 Å². The molecule has 1 fully saturated rings. The van der Waals surface area contributed by atoms with Crippen LogP contribution in [0.3, 0.4) is 0 Å². The highest BCUT2D eigenvalue weighted by atomic mass is 31.2. The first-order valence-electron chi connectivity index (χ1n) is 28.5. The molecule has 1 saturated carbocycles. The third kappa shape index (κ3) is 35.6. The molecule has 9 N–H and O–H groups in total. The fourth-order valence-corrected chi connectivity index (χ4v) is 10.0. The highest BCUT2D eigenvalue weighted by molar-refractivity contribution is 7.47. The monoisotopic (exact) mass is 1020 g/mol. The summed E-state index contributed by atoms with van der Waals surface area (Å²) < 4.78 is 23.0. The number of aliphatic hydroxyl groups is 7. The van der Waals surface area contributed by atoms with Crippen LogP contribution in [0.5, 0.6) is 0 Å². The van der Waals surface area contributed by atoms with E-state index in [4.69, 9.17) is 9.05 Å². The molecule has 70 heavy (non-hydrogen) atoms. The summed E-state index contributed by atoms with van der Waals surface area (Å²) in [5, 5.41) is 74.8. The van der Waals surface area contributed by atoms with Crippen LogP contribution in [-0.2, 0) is 18.4 Å². The lowest BCUT2D eigenvalue weighted by atomic mass is 9.85. The summed E-state index contributed by atoms with van der Waals surface area (Å²) in [5.74, 6) is -0.605.